The molecule has 1 aliphatic heterocycles. The topological polar surface area (TPSA) is 78.0 Å². The SMILES string of the molecule is CCNC(=NCC(=O)NCCOC)NCC1(N2CCCCC2)CCCCC1. The summed E-state index contributed by atoms with van der Waals surface area (Å²) >= 11 is 0. The van der Waals surface area contributed by atoms with Crippen molar-refractivity contribution >= 4 is 11.9 Å². The molecule has 156 valence electrons. The number of nitrogens with one attached hydrogen (secondary N) is 3. The number of guanidine groups is 1. The van der Waals surface area contributed by atoms with Crippen LogP contribution in [0.5, 0.6) is 0 Å². The standard InChI is InChI=1S/C20H39N5O2/c1-3-21-19(23-16-18(26)22-12-15-27-2)24-17-20(10-6-4-7-11-20)25-13-8-5-9-14-25/h3-17H2,1-2H3,(H,22,26)(H2,21,23,24). The molecular formula is C20H39N5O2. The second kappa shape index (κ2) is 12.2. The Bertz CT molecular complexity index is 457. The third-order valence-corrected chi connectivity index (χ3v) is 5.75. The number of ether oxygens (including phenoxy) is 1. The van der Waals surface area contributed by atoms with Crippen LogP contribution in [-0.2, 0) is 9.53 Å². The molecule has 0 radical (unpaired) electrons. The number of aliphatic imine (C=N–C) groups is 1. The van der Waals surface area contributed by atoms with Crippen LogP contribution in [0.25, 0.3) is 0 Å². The Hall–Kier alpha value is -1.34. The molecule has 2 rings (SSSR count). The molecule has 0 unspecified atom stereocenters. The van der Waals surface area contributed by atoms with Crippen molar-refractivity contribution in [2.45, 2.75) is 63.8 Å². The summed E-state index contributed by atoms with van der Waals surface area (Å²) in [5.74, 6) is 0.661. The van der Waals surface area contributed by atoms with Gasteiger partial charge >= 0.3 is 0 Å². The van der Waals surface area contributed by atoms with E-state index >= 15 is 0 Å². The molecule has 27 heavy (non-hydrogen) atoms. The Kier molecular flexibility index (Phi) is 9.91. The lowest BCUT2D eigenvalue weighted by Crippen LogP contribution is -2.59. The number of hydrogen-bond acceptors (Lipinski definition) is 4. The Balaban J connectivity index is 1.92. The Labute approximate surface area is 164 Å². The van der Waals surface area contributed by atoms with Crippen LogP contribution in [0.2, 0.25) is 0 Å². The number of amides is 1. The van der Waals surface area contributed by atoms with E-state index < -0.39 is 0 Å². The van der Waals surface area contributed by atoms with Gasteiger partial charge in [0.05, 0.1) is 6.61 Å². The highest BCUT2D eigenvalue weighted by Gasteiger charge is 2.38. The third kappa shape index (κ3) is 7.30. The average Bonchev–Trinajstić information content (AvgIpc) is 2.71. The summed E-state index contributed by atoms with van der Waals surface area (Å²) in [6.07, 6.45) is 10.5. The molecule has 7 nitrogen and oxygen atoms in total. The Morgan fingerprint density at radius 1 is 1.04 bits per heavy atom. The van der Waals surface area contributed by atoms with E-state index in [0.717, 1.165) is 19.0 Å². The molecular weight excluding hydrogens is 342 g/mol. The van der Waals surface area contributed by atoms with Gasteiger partial charge in [-0.1, -0.05) is 25.7 Å². The van der Waals surface area contributed by atoms with Gasteiger partial charge < -0.3 is 20.7 Å². The number of carbonyl (C=O) groups excluding carboxylic acids is 1. The first-order chi connectivity index (χ1) is 13.2. The summed E-state index contributed by atoms with van der Waals surface area (Å²) in [6.45, 7) is 7.36. The summed E-state index contributed by atoms with van der Waals surface area (Å²) in [6, 6.07) is 0. The largest absolute Gasteiger partial charge is 0.383 e. The van der Waals surface area contributed by atoms with Crippen molar-refractivity contribution in [1.82, 2.24) is 20.9 Å². The minimum Gasteiger partial charge on any atom is -0.383 e. The predicted molar refractivity (Wildman–Crippen MR) is 110 cm³/mol. The van der Waals surface area contributed by atoms with E-state index in [4.69, 9.17) is 4.74 Å². The van der Waals surface area contributed by atoms with Crippen LogP contribution >= 0.6 is 0 Å². The van der Waals surface area contributed by atoms with Gasteiger partial charge in [-0.3, -0.25) is 9.69 Å². The Morgan fingerprint density at radius 2 is 1.74 bits per heavy atom. The van der Waals surface area contributed by atoms with Crippen LogP contribution in [0.4, 0.5) is 0 Å². The second-order valence-electron chi connectivity index (χ2n) is 7.72. The van der Waals surface area contributed by atoms with E-state index in [0.29, 0.717) is 13.2 Å². The van der Waals surface area contributed by atoms with Crippen LogP contribution in [0.1, 0.15) is 58.3 Å². The van der Waals surface area contributed by atoms with E-state index in [1.807, 2.05) is 0 Å². The van der Waals surface area contributed by atoms with Gasteiger partial charge in [-0.25, -0.2) is 4.99 Å². The van der Waals surface area contributed by atoms with Crippen LogP contribution in [0, 0.1) is 0 Å². The van der Waals surface area contributed by atoms with E-state index in [2.05, 4.69) is 32.8 Å². The number of likely N-dealkylation sites (tertiary alicyclic amines) is 1. The minimum atomic E-state index is -0.0762. The van der Waals surface area contributed by atoms with Gasteiger partial charge in [0.15, 0.2) is 5.96 Å². The number of nitrogens with zero attached hydrogens (tertiary/aromatic N) is 2. The highest BCUT2D eigenvalue weighted by Crippen LogP contribution is 2.35. The maximum atomic E-state index is 11.9. The predicted octanol–water partition coefficient (Wildman–Crippen LogP) is 1.49. The van der Waals surface area contributed by atoms with Gasteiger partial charge in [0.25, 0.3) is 0 Å². The van der Waals surface area contributed by atoms with Crippen LogP contribution in [0.3, 0.4) is 0 Å². The third-order valence-electron chi connectivity index (χ3n) is 5.75. The molecule has 2 fully saturated rings. The smallest absolute Gasteiger partial charge is 0.241 e. The zero-order valence-electron chi connectivity index (χ0n) is 17.3. The molecule has 0 aromatic heterocycles. The van der Waals surface area contributed by atoms with Gasteiger partial charge in [0.1, 0.15) is 6.54 Å². The van der Waals surface area contributed by atoms with Crippen LogP contribution in [-0.4, -0.2) is 75.3 Å². The number of piperidine rings is 1. The fourth-order valence-corrected chi connectivity index (χ4v) is 4.27. The van der Waals surface area contributed by atoms with Gasteiger partial charge in [-0.05, 0) is 45.7 Å². The molecule has 0 aromatic rings. The molecule has 1 saturated carbocycles. The summed E-state index contributed by atoms with van der Waals surface area (Å²) in [4.78, 5) is 19.1. The molecule has 0 aromatic carbocycles. The normalized spacial score (nSPS) is 20.9. The number of methoxy groups -OCH3 is 1. The molecule has 2 aliphatic rings. The van der Waals surface area contributed by atoms with Crippen LogP contribution < -0.4 is 16.0 Å². The van der Waals surface area contributed by atoms with Gasteiger partial charge in [0.2, 0.25) is 5.91 Å². The van der Waals surface area contributed by atoms with Crippen molar-refractivity contribution in [2.24, 2.45) is 4.99 Å². The highest BCUT2D eigenvalue weighted by molar-refractivity contribution is 5.84. The summed E-state index contributed by atoms with van der Waals surface area (Å²) < 4.78 is 4.95. The first kappa shape index (κ1) is 22.0. The van der Waals surface area contributed by atoms with Crippen molar-refractivity contribution in [3.8, 4) is 0 Å². The first-order valence-electron chi connectivity index (χ1n) is 10.7. The van der Waals surface area contributed by atoms with E-state index in [1.165, 1.54) is 64.5 Å². The number of hydrogen-bond donors (Lipinski definition) is 3. The fraction of sp³-hybridized carbons (Fsp3) is 0.900. The van der Waals surface area contributed by atoms with Crippen molar-refractivity contribution < 1.29 is 9.53 Å². The van der Waals surface area contributed by atoms with Gasteiger partial charge in [-0.2, -0.15) is 0 Å². The molecule has 7 heteroatoms. The van der Waals surface area contributed by atoms with E-state index in [9.17, 15) is 4.79 Å². The van der Waals surface area contributed by atoms with Crippen molar-refractivity contribution in [3.63, 3.8) is 0 Å². The maximum Gasteiger partial charge on any atom is 0.241 e. The van der Waals surface area contributed by atoms with E-state index in [-0.39, 0.29) is 18.0 Å². The first-order valence-corrected chi connectivity index (χ1v) is 10.7. The average molecular weight is 382 g/mol. The molecule has 1 heterocycles. The van der Waals surface area contributed by atoms with Gasteiger partial charge in [-0.15, -0.1) is 0 Å². The summed E-state index contributed by atoms with van der Waals surface area (Å²) in [5.41, 5.74) is 0.246. The zero-order chi connectivity index (χ0) is 19.4. The van der Waals surface area contributed by atoms with Crippen molar-refractivity contribution in [2.75, 3.05) is 53.0 Å². The highest BCUT2D eigenvalue weighted by atomic mass is 16.5. The molecule has 0 atom stereocenters. The minimum absolute atomic E-state index is 0.0762. The lowest BCUT2D eigenvalue weighted by molar-refractivity contribution is -0.119. The molecule has 0 bridgehead atoms. The number of rotatable bonds is 9. The zero-order valence-corrected chi connectivity index (χ0v) is 17.3. The second-order valence-corrected chi connectivity index (χ2v) is 7.72. The molecule has 1 aliphatic carbocycles. The fourth-order valence-electron chi connectivity index (χ4n) is 4.27. The number of carbonyl (C=O) groups is 1. The maximum absolute atomic E-state index is 11.9. The summed E-state index contributed by atoms with van der Waals surface area (Å²) in [7, 11) is 1.63. The molecule has 0 spiro atoms. The van der Waals surface area contributed by atoms with Gasteiger partial charge in [0, 0.05) is 32.3 Å². The van der Waals surface area contributed by atoms with Crippen LogP contribution in [0.15, 0.2) is 4.99 Å². The molecule has 1 amide bonds. The molecule has 1 saturated heterocycles. The lowest BCUT2D eigenvalue weighted by atomic mass is 9.79. The molecule has 3 N–H and O–H groups in total. The lowest BCUT2D eigenvalue weighted by Gasteiger charge is -2.48. The van der Waals surface area contributed by atoms with E-state index in [1.54, 1.807) is 7.11 Å². The monoisotopic (exact) mass is 381 g/mol. The quantitative estimate of drug-likeness (QED) is 0.320. The summed E-state index contributed by atoms with van der Waals surface area (Å²) in [5, 5.41) is 9.64. The van der Waals surface area contributed by atoms with Crippen molar-refractivity contribution in [1.29, 1.82) is 0 Å². The Morgan fingerprint density at radius 3 is 2.41 bits per heavy atom. The van der Waals surface area contributed by atoms with Crippen molar-refractivity contribution in [3.05, 3.63) is 0 Å².